The van der Waals surface area contributed by atoms with Crippen molar-refractivity contribution in [3.63, 3.8) is 0 Å². The minimum atomic E-state index is -4.04. The fourth-order valence-electron chi connectivity index (χ4n) is 2.77. The van der Waals surface area contributed by atoms with Crippen LogP contribution in [0.4, 0.5) is 5.82 Å². The van der Waals surface area contributed by atoms with Gasteiger partial charge in [0.1, 0.15) is 24.1 Å². The van der Waals surface area contributed by atoms with Crippen LogP contribution in [0.25, 0.3) is 21.6 Å². The van der Waals surface area contributed by atoms with Crippen molar-refractivity contribution in [3.05, 3.63) is 57.0 Å². The third kappa shape index (κ3) is 5.01. The topological polar surface area (TPSA) is 171 Å². The van der Waals surface area contributed by atoms with E-state index in [1.54, 1.807) is 18.2 Å². The number of thiophene rings is 1. The second-order valence-corrected chi connectivity index (χ2v) is 9.12. The highest BCUT2D eigenvalue weighted by Gasteiger charge is 2.24. The molecule has 31 heavy (non-hydrogen) atoms. The molecule has 0 amide bonds. The van der Waals surface area contributed by atoms with Crippen molar-refractivity contribution in [2.24, 2.45) is 15.9 Å². The van der Waals surface area contributed by atoms with E-state index in [9.17, 15) is 13.7 Å². The Morgan fingerprint density at radius 2 is 2.06 bits per heavy atom. The van der Waals surface area contributed by atoms with Crippen LogP contribution >= 0.6 is 34.5 Å². The molecule has 0 saturated carbocycles. The summed E-state index contributed by atoms with van der Waals surface area (Å²) in [5.41, 5.74) is 7.71. The standard InChI is InChI=1S/C18H13Cl2N7O2S2/c19-10-1-2-11(13(20)6-10)15-12(7-21)16(30-17(15)18(23)26-8-22)9-3-4-25-14(5-9)27-31(24,28)29/h1-6,8H,(H,25,27)(H3,22,23,26)(H2,24,28,29). The summed E-state index contributed by atoms with van der Waals surface area (Å²) in [5, 5.41) is 22.9. The first kappa shape index (κ1) is 22.7. The molecule has 3 aromatic rings. The van der Waals surface area contributed by atoms with Crippen molar-refractivity contribution < 1.29 is 8.42 Å². The number of nitrogens with one attached hydrogen (secondary N) is 2. The SMILES string of the molecule is N#Cc1c(-c2ccnc(NS(N)(=O)=O)c2)sc(C(N)=NC=N)c1-c1ccc(Cl)cc1Cl. The number of anilines is 1. The molecule has 6 N–H and O–H groups in total. The predicted octanol–water partition coefficient (Wildman–Crippen LogP) is 3.58. The third-order valence-corrected chi connectivity index (χ3v) is 6.23. The van der Waals surface area contributed by atoms with Gasteiger partial charge in [-0.3, -0.25) is 10.1 Å². The summed E-state index contributed by atoms with van der Waals surface area (Å²) in [6.07, 6.45) is 2.15. The van der Waals surface area contributed by atoms with E-state index in [0.717, 1.165) is 17.7 Å². The van der Waals surface area contributed by atoms with Gasteiger partial charge in [-0.05, 0) is 29.8 Å². The van der Waals surface area contributed by atoms with Gasteiger partial charge in [0, 0.05) is 27.4 Å². The molecule has 0 saturated heterocycles. The first-order valence-corrected chi connectivity index (χ1v) is 11.4. The average Bonchev–Trinajstić information content (AvgIpc) is 3.06. The van der Waals surface area contributed by atoms with E-state index in [0.29, 0.717) is 36.5 Å². The van der Waals surface area contributed by atoms with E-state index in [1.807, 2.05) is 0 Å². The van der Waals surface area contributed by atoms with Gasteiger partial charge in [-0.1, -0.05) is 29.3 Å². The molecule has 0 aliphatic rings. The Kier molecular flexibility index (Phi) is 6.59. The Balaban J connectivity index is 2.31. The van der Waals surface area contributed by atoms with Gasteiger partial charge < -0.3 is 5.73 Å². The molecule has 9 nitrogen and oxygen atoms in total. The minimum Gasteiger partial charge on any atom is -0.382 e. The van der Waals surface area contributed by atoms with Gasteiger partial charge in [0.05, 0.1) is 15.3 Å². The number of amidine groups is 1. The van der Waals surface area contributed by atoms with Crippen molar-refractivity contribution in [1.29, 1.82) is 10.7 Å². The number of aliphatic imine (C=N–C) groups is 1. The molecular weight excluding hydrogens is 481 g/mol. The van der Waals surface area contributed by atoms with Crippen LogP contribution in [0, 0.1) is 16.7 Å². The van der Waals surface area contributed by atoms with Crippen molar-refractivity contribution >= 4 is 62.7 Å². The molecule has 0 atom stereocenters. The van der Waals surface area contributed by atoms with E-state index >= 15 is 0 Å². The Morgan fingerprint density at radius 1 is 1.32 bits per heavy atom. The molecule has 0 fully saturated rings. The molecule has 13 heteroatoms. The molecule has 2 heterocycles. The second kappa shape index (κ2) is 9.01. The number of hydrogen-bond donors (Lipinski definition) is 4. The summed E-state index contributed by atoms with van der Waals surface area (Å²) >= 11 is 13.5. The smallest absolute Gasteiger partial charge is 0.297 e. The highest BCUT2D eigenvalue weighted by atomic mass is 35.5. The molecule has 0 aliphatic heterocycles. The van der Waals surface area contributed by atoms with Gasteiger partial charge in [-0.2, -0.15) is 13.7 Å². The maximum absolute atomic E-state index is 11.3. The highest BCUT2D eigenvalue weighted by molar-refractivity contribution is 7.90. The van der Waals surface area contributed by atoms with Crippen LogP contribution in [0.5, 0.6) is 0 Å². The number of nitrogens with zero attached hydrogens (tertiary/aromatic N) is 3. The Bertz CT molecular complexity index is 1360. The quantitative estimate of drug-likeness (QED) is 0.303. The lowest BCUT2D eigenvalue weighted by Gasteiger charge is -2.08. The van der Waals surface area contributed by atoms with Crippen LogP contribution in [0.1, 0.15) is 10.4 Å². The molecular formula is C18H13Cl2N7O2S2. The van der Waals surface area contributed by atoms with E-state index in [4.69, 9.17) is 39.5 Å². The van der Waals surface area contributed by atoms with Gasteiger partial charge in [0.25, 0.3) is 10.2 Å². The van der Waals surface area contributed by atoms with Crippen LogP contribution in [-0.4, -0.2) is 25.6 Å². The van der Waals surface area contributed by atoms with Crippen LogP contribution < -0.4 is 15.6 Å². The molecule has 1 aromatic carbocycles. The summed E-state index contributed by atoms with van der Waals surface area (Å²) in [6, 6.07) is 9.99. The summed E-state index contributed by atoms with van der Waals surface area (Å²) in [7, 11) is -4.04. The second-order valence-electron chi connectivity index (χ2n) is 5.97. The monoisotopic (exact) mass is 493 g/mol. The molecule has 2 aromatic heterocycles. The predicted molar refractivity (Wildman–Crippen MR) is 124 cm³/mol. The fraction of sp³-hybridized carbons (Fsp3) is 0. The van der Waals surface area contributed by atoms with Gasteiger partial charge >= 0.3 is 0 Å². The van der Waals surface area contributed by atoms with Crippen LogP contribution in [0.2, 0.25) is 10.0 Å². The summed E-state index contributed by atoms with van der Waals surface area (Å²) < 4.78 is 24.8. The molecule has 158 valence electrons. The zero-order chi connectivity index (χ0) is 22.8. The van der Waals surface area contributed by atoms with Crippen molar-refractivity contribution in [2.45, 2.75) is 0 Å². The molecule has 0 unspecified atom stereocenters. The lowest BCUT2D eigenvalue weighted by Crippen LogP contribution is -2.22. The first-order chi connectivity index (χ1) is 14.6. The number of nitriles is 1. The average molecular weight is 494 g/mol. The zero-order valence-electron chi connectivity index (χ0n) is 15.4. The van der Waals surface area contributed by atoms with E-state index in [1.165, 1.54) is 18.3 Å². The number of rotatable bonds is 6. The first-order valence-electron chi connectivity index (χ1n) is 8.26. The minimum absolute atomic E-state index is 0.0145. The van der Waals surface area contributed by atoms with Gasteiger partial charge in [-0.25, -0.2) is 15.1 Å². The van der Waals surface area contributed by atoms with Crippen molar-refractivity contribution in [2.75, 3.05) is 4.72 Å². The Morgan fingerprint density at radius 3 is 2.68 bits per heavy atom. The summed E-state index contributed by atoms with van der Waals surface area (Å²) in [6.45, 7) is 0. The van der Waals surface area contributed by atoms with E-state index in [2.05, 4.69) is 20.8 Å². The number of pyridine rings is 1. The van der Waals surface area contributed by atoms with E-state index < -0.39 is 10.2 Å². The number of halogens is 2. The number of hydrogen-bond acceptors (Lipinski definition) is 6. The van der Waals surface area contributed by atoms with Crippen LogP contribution in [0.15, 0.2) is 41.5 Å². The molecule has 0 radical (unpaired) electrons. The van der Waals surface area contributed by atoms with Gasteiger partial charge in [0.15, 0.2) is 0 Å². The molecule has 0 bridgehead atoms. The van der Waals surface area contributed by atoms with Crippen molar-refractivity contribution in [3.8, 4) is 27.6 Å². The fourth-order valence-corrected chi connectivity index (χ4v) is 4.85. The normalized spacial score (nSPS) is 11.7. The van der Waals surface area contributed by atoms with Gasteiger partial charge in [0.2, 0.25) is 0 Å². The van der Waals surface area contributed by atoms with Crippen molar-refractivity contribution in [1.82, 2.24) is 4.98 Å². The van der Waals surface area contributed by atoms with E-state index in [-0.39, 0.29) is 17.2 Å². The molecule has 0 aliphatic carbocycles. The maximum atomic E-state index is 11.3. The number of nitrogens with two attached hydrogens (primary N) is 2. The largest absolute Gasteiger partial charge is 0.382 e. The summed E-state index contributed by atoms with van der Waals surface area (Å²) in [4.78, 5) is 8.63. The van der Waals surface area contributed by atoms with Gasteiger partial charge in [-0.15, -0.1) is 11.3 Å². The summed E-state index contributed by atoms with van der Waals surface area (Å²) in [5.74, 6) is -0.00764. The number of benzene rings is 1. The van der Waals surface area contributed by atoms with Crippen LogP contribution in [-0.2, 0) is 10.2 Å². The third-order valence-electron chi connectivity index (χ3n) is 3.93. The lowest BCUT2D eigenvalue weighted by molar-refractivity contribution is 0.602. The molecule has 3 rings (SSSR count). The zero-order valence-corrected chi connectivity index (χ0v) is 18.6. The Labute approximate surface area is 191 Å². The Hall–Kier alpha value is -3.01. The highest BCUT2D eigenvalue weighted by Crippen LogP contribution is 2.44. The number of aromatic nitrogens is 1. The maximum Gasteiger partial charge on any atom is 0.297 e. The molecule has 0 spiro atoms. The lowest BCUT2D eigenvalue weighted by atomic mass is 9.98. The van der Waals surface area contributed by atoms with Crippen LogP contribution in [0.3, 0.4) is 0 Å².